The van der Waals surface area contributed by atoms with Gasteiger partial charge in [-0.3, -0.25) is 14.8 Å². The summed E-state index contributed by atoms with van der Waals surface area (Å²) in [6, 6.07) is 19.0. The summed E-state index contributed by atoms with van der Waals surface area (Å²) in [7, 11) is 0. The number of pyridine rings is 3. The van der Waals surface area contributed by atoms with Gasteiger partial charge in [0.15, 0.2) is 5.78 Å². The highest BCUT2D eigenvalue weighted by molar-refractivity contribution is 6.30. The Kier molecular flexibility index (Phi) is 5.48. The number of nitrogens with zero attached hydrogens (tertiary/aromatic N) is 3. The van der Waals surface area contributed by atoms with E-state index in [0.717, 1.165) is 32.9 Å². The van der Waals surface area contributed by atoms with Crippen LogP contribution in [0.1, 0.15) is 22.3 Å². The number of fused-ring (bicyclic) bond motifs is 3. The zero-order valence-corrected chi connectivity index (χ0v) is 17.9. The van der Waals surface area contributed by atoms with E-state index < -0.39 is 0 Å². The van der Waals surface area contributed by atoms with Crippen LogP contribution in [0, 0.1) is 0 Å². The fraction of sp³-hybridized carbons (Fsp3) is 0.0769. The molecule has 1 N–H and O–H groups in total. The number of aromatic nitrogens is 3. The average Bonchev–Trinajstić information content (AvgIpc) is 2.83. The van der Waals surface area contributed by atoms with Crippen LogP contribution in [-0.4, -0.2) is 20.7 Å². The maximum atomic E-state index is 12.8. The van der Waals surface area contributed by atoms with Crippen LogP contribution in [0.3, 0.4) is 0 Å². The van der Waals surface area contributed by atoms with E-state index in [1.165, 1.54) is 0 Å². The first-order valence-corrected chi connectivity index (χ1v) is 10.7. The van der Waals surface area contributed by atoms with E-state index in [9.17, 15) is 4.79 Å². The van der Waals surface area contributed by atoms with Crippen LogP contribution in [0.4, 0.5) is 11.5 Å². The summed E-state index contributed by atoms with van der Waals surface area (Å²) in [6.45, 7) is 0. The molecule has 5 rings (SSSR count). The third-order valence-corrected chi connectivity index (χ3v) is 5.60. The second kappa shape index (κ2) is 8.73. The Hall–Kier alpha value is -3.83. The molecular weight excluding hydrogens is 420 g/mol. The quantitative estimate of drug-likeness (QED) is 0.246. The van der Waals surface area contributed by atoms with E-state index in [-0.39, 0.29) is 5.78 Å². The molecule has 2 aromatic carbocycles. The molecule has 5 aromatic rings. The van der Waals surface area contributed by atoms with Gasteiger partial charge in [-0.25, -0.2) is 4.98 Å². The van der Waals surface area contributed by atoms with E-state index in [2.05, 4.69) is 15.3 Å². The van der Waals surface area contributed by atoms with Crippen LogP contribution in [0.15, 0.2) is 85.5 Å². The lowest BCUT2D eigenvalue weighted by Gasteiger charge is -2.12. The van der Waals surface area contributed by atoms with Crippen molar-refractivity contribution in [2.24, 2.45) is 0 Å². The molecule has 0 atom stereocenters. The second-order valence-electron chi connectivity index (χ2n) is 7.53. The molecule has 0 aliphatic carbocycles. The molecule has 32 heavy (non-hydrogen) atoms. The third-order valence-electron chi connectivity index (χ3n) is 5.37. The number of ketones is 1. The van der Waals surface area contributed by atoms with Crippen molar-refractivity contribution >= 4 is 50.6 Å². The number of nitrogens with one attached hydrogen (secondary N) is 1. The molecular formula is C26H19ClN4O. The van der Waals surface area contributed by atoms with Crippen molar-refractivity contribution in [1.82, 2.24) is 15.0 Å². The van der Waals surface area contributed by atoms with Gasteiger partial charge in [0, 0.05) is 63.6 Å². The number of anilines is 2. The molecule has 0 unspecified atom stereocenters. The van der Waals surface area contributed by atoms with Crippen LogP contribution in [0.2, 0.25) is 5.02 Å². The van der Waals surface area contributed by atoms with Crippen LogP contribution >= 0.6 is 11.6 Å². The van der Waals surface area contributed by atoms with Gasteiger partial charge in [-0.2, -0.15) is 0 Å². The Morgan fingerprint density at radius 3 is 2.62 bits per heavy atom. The number of hydrogen-bond donors (Lipinski definition) is 1. The minimum atomic E-state index is 0.0770. The van der Waals surface area contributed by atoms with Crippen LogP contribution in [-0.2, 0) is 6.42 Å². The van der Waals surface area contributed by atoms with Crippen molar-refractivity contribution in [2.75, 3.05) is 5.32 Å². The van der Waals surface area contributed by atoms with Crippen LogP contribution < -0.4 is 5.32 Å². The molecule has 3 aromatic heterocycles. The zero-order chi connectivity index (χ0) is 21.9. The van der Waals surface area contributed by atoms with E-state index in [1.54, 1.807) is 18.6 Å². The summed E-state index contributed by atoms with van der Waals surface area (Å²) >= 11 is 6.14. The summed E-state index contributed by atoms with van der Waals surface area (Å²) in [5.74, 6) is 0.769. The lowest BCUT2D eigenvalue weighted by molar-refractivity contribution is 0.0983. The molecule has 156 valence electrons. The largest absolute Gasteiger partial charge is 0.340 e. The number of rotatable bonds is 6. The first-order valence-electron chi connectivity index (χ1n) is 10.3. The lowest BCUT2D eigenvalue weighted by Crippen LogP contribution is -2.02. The van der Waals surface area contributed by atoms with Crippen molar-refractivity contribution in [3.63, 3.8) is 0 Å². The number of benzene rings is 2. The van der Waals surface area contributed by atoms with E-state index >= 15 is 0 Å². The fourth-order valence-corrected chi connectivity index (χ4v) is 3.96. The zero-order valence-electron chi connectivity index (χ0n) is 17.1. The predicted molar refractivity (Wildman–Crippen MR) is 129 cm³/mol. The monoisotopic (exact) mass is 438 g/mol. The number of carbonyl (C=O) groups excluding carboxylic acids is 1. The van der Waals surface area contributed by atoms with Crippen LogP contribution in [0.25, 0.3) is 21.7 Å². The smallest absolute Gasteiger partial charge is 0.163 e. The second-order valence-corrected chi connectivity index (χ2v) is 7.97. The molecule has 0 fully saturated rings. The van der Waals surface area contributed by atoms with Gasteiger partial charge in [0.1, 0.15) is 5.82 Å². The summed E-state index contributed by atoms with van der Waals surface area (Å²) < 4.78 is 0. The summed E-state index contributed by atoms with van der Waals surface area (Å²) in [5.41, 5.74) is 3.27. The minimum absolute atomic E-state index is 0.0770. The molecule has 0 saturated heterocycles. The Balaban J connectivity index is 1.52. The number of Topliss-reactive ketones (excluding diaryl/α,β-unsaturated/α-hetero) is 1. The Morgan fingerprint density at radius 1 is 0.875 bits per heavy atom. The van der Waals surface area contributed by atoms with Crippen molar-refractivity contribution in [3.8, 4) is 0 Å². The molecule has 0 bridgehead atoms. The van der Waals surface area contributed by atoms with Gasteiger partial charge in [-0.05, 0) is 48.4 Å². The highest BCUT2D eigenvalue weighted by Gasteiger charge is 2.13. The Labute approximate surface area is 190 Å². The maximum absolute atomic E-state index is 12.8. The summed E-state index contributed by atoms with van der Waals surface area (Å²) in [5, 5.41) is 6.87. The van der Waals surface area contributed by atoms with Crippen molar-refractivity contribution < 1.29 is 4.79 Å². The summed E-state index contributed by atoms with van der Waals surface area (Å²) in [6.07, 6.45) is 8.17. The van der Waals surface area contributed by atoms with Gasteiger partial charge in [0.2, 0.25) is 0 Å². The molecule has 0 saturated carbocycles. The fourth-order valence-electron chi connectivity index (χ4n) is 3.77. The molecule has 0 aliphatic rings. The lowest BCUT2D eigenvalue weighted by atomic mass is 10.0. The maximum Gasteiger partial charge on any atom is 0.163 e. The van der Waals surface area contributed by atoms with E-state index in [0.29, 0.717) is 29.2 Å². The van der Waals surface area contributed by atoms with Crippen molar-refractivity contribution in [3.05, 3.63) is 102 Å². The first-order chi connectivity index (χ1) is 15.7. The number of hydrogen-bond acceptors (Lipinski definition) is 5. The number of aryl methyl sites for hydroxylation is 1. The molecule has 0 spiro atoms. The van der Waals surface area contributed by atoms with Crippen molar-refractivity contribution in [1.29, 1.82) is 0 Å². The Bertz CT molecular complexity index is 1440. The average molecular weight is 439 g/mol. The third kappa shape index (κ3) is 4.15. The topological polar surface area (TPSA) is 67.8 Å². The van der Waals surface area contributed by atoms with Crippen molar-refractivity contribution in [2.45, 2.75) is 12.8 Å². The van der Waals surface area contributed by atoms with Gasteiger partial charge in [0.05, 0.1) is 5.52 Å². The number of carbonyl (C=O) groups is 1. The molecule has 5 nitrogen and oxygen atoms in total. The normalized spacial score (nSPS) is 11.0. The molecule has 0 aliphatic heterocycles. The van der Waals surface area contributed by atoms with Gasteiger partial charge in [0.25, 0.3) is 0 Å². The van der Waals surface area contributed by atoms with Gasteiger partial charge < -0.3 is 5.32 Å². The summed E-state index contributed by atoms with van der Waals surface area (Å²) in [4.78, 5) is 26.1. The Morgan fingerprint density at radius 2 is 1.78 bits per heavy atom. The SMILES string of the molecule is O=C(CCc1cccnc1)c1ccc2c(c1)nc(Nc1cccc(Cl)c1)c1ccncc12. The first kappa shape index (κ1) is 20.1. The molecule has 0 amide bonds. The van der Waals surface area contributed by atoms with E-state index in [4.69, 9.17) is 16.6 Å². The van der Waals surface area contributed by atoms with Gasteiger partial charge in [-0.1, -0.05) is 35.9 Å². The predicted octanol–water partition coefficient (Wildman–Crippen LogP) is 6.39. The molecule has 3 heterocycles. The van der Waals surface area contributed by atoms with E-state index in [1.807, 2.05) is 66.9 Å². The van der Waals surface area contributed by atoms with Crippen LogP contribution in [0.5, 0.6) is 0 Å². The van der Waals surface area contributed by atoms with Gasteiger partial charge >= 0.3 is 0 Å². The highest BCUT2D eigenvalue weighted by atomic mass is 35.5. The van der Waals surface area contributed by atoms with Gasteiger partial charge in [-0.15, -0.1) is 0 Å². The highest BCUT2D eigenvalue weighted by Crippen LogP contribution is 2.31. The molecule has 6 heteroatoms. The minimum Gasteiger partial charge on any atom is -0.340 e. The number of halogens is 1. The standard InChI is InChI=1S/C26H19ClN4O/c27-19-4-1-5-20(14-19)30-26-22-10-12-29-16-23(22)21-8-7-18(13-24(21)31-26)25(32)9-6-17-3-2-11-28-15-17/h1-5,7-8,10-16H,6,9H2,(H,30,31). The molecule has 0 radical (unpaired) electrons.